The number of rotatable bonds is 1. The molecule has 8 nitrogen and oxygen atoms in total. The van der Waals surface area contributed by atoms with Crippen LogP contribution in [0.15, 0.2) is 0 Å². The highest BCUT2D eigenvalue weighted by Crippen LogP contribution is 2.32. The maximum absolute atomic E-state index is 11.1. The molecule has 17 heavy (non-hydrogen) atoms. The van der Waals surface area contributed by atoms with Gasteiger partial charge in [-0.15, -0.1) is 0 Å². The van der Waals surface area contributed by atoms with Crippen molar-refractivity contribution in [2.24, 2.45) is 0 Å². The van der Waals surface area contributed by atoms with E-state index in [-0.39, 0.29) is 35.1 Å². The normalized spacial score (nSPS) is 17.7. The van der Waals surface area contributed by atoms with Crippen LogP contribution in [0, 0.1) is 6.92 Å². The van der Waals surface area contributed by atoms with Crippen LogP contribution in [0.2, 0.25) is 0 Å². The van der Waals surface area contributed by atoms with Crippen molar-refractivity contribution in [1.82, 2.24) is 4.98 Å². The van der Waals surface area contributed by atoms with Crippen molar-refractivity contribution in [3.8, 4) is 11.6 Å². The van der Waals surface area contributed by atoms with Gasteiger partial charge in [-0.25, -0.2) is 9.87 Å². The average molecular weight is 261 g/mol. The zero-order valence-corrected chi connectivity index (χ0v) is 9.35. The molecule has 1 aromatic rings. The molecule has 0 bridgehead atoms. The van der Waals surface area contributed by atoms with Gasteiger partial charge in [-0.1, -0.05) is 4.33 Å². The molecule has 0 unspecified atom stereocenters. The van der Waals surface area contributed by atoms with Gasteiger partial charge in [-0.2, -0.15) is 8.42 Å². The first kappa shape index (κ1) is 11.8. The van der Waals surface area contributed by atoms with Gasteiger partial charge in [0.05, 0.1) is 16.8 Å². The maximum Gasteiger partial charge on any atom is 0.478 e. The Morgan fingerprint density at radius 1 is 1.47 bits per heavy atom. The number of aldehydes is 1. The minimum atomic E-state index is -4.37. The van der Waals surface area contributed by atoms with E-state index in [9.17, 15) is 18.3 Å². The molecule has 1 aliphatic heterocycles. The van der Waals surface area contributed by atoms with E-state index in [0.717, 1.165) is 0 Å². The molecular weight excluding hydrogens is 254 g/mol. The second-order valence-electron chi connectivity index (χ2n) is 3.18. The molecule has 1 N–H and O–H groups in total. The van der Waals surface area contributed by atoms with E-state index < -0.39 is 10.4 Å². The summed E-state index contributed by atoms with van der Waals surface area (Å²) in [5, 5.41) is 9.58. The smallest absolute Gasteiger partial charge is 0.478 e. The van der Waals surface area contributed by atoms with E-state index in [1.165, 1.54) is 6.92 Å². The van der Waals surface area contributed by atoms with Gasteiger partial charge < -0.3 is 9.29 Å². The third-order valence-electron chi connectivity index (χ3n) is 2.08. The van der Waals surface area contributed by atoms with Crippen LogP contribution in [-0.4, -0.2) is 24.8 Å². The van der Waals surface area contributed by atoms with Crippen LogP contribution in [0.4, 0.5) is 0 Å². The van der Waals surface area contributed by atoms with E-state index in [2.05, 4.69) is 18.4 Å². The number of aromatic hydroxyl groups is 1. The summed E-state index contributed by atoms with van der Waals surface area (Å²) in [6.45, 7) is 1.01. The predicted molar refractivity (Wildman–Crippen MR) is 51.4 cm³/mol. The molecule has 0 fully saturated rings. The molecule has 0 aromatic carbocycles. The highest BCUT2D eigenvalue weighted by Gasteiger charge is 2.28. The molecule has 9 heteroatoms. The SMILES string of the molecule is Cc1nc2c(c(C=O)c1O)COOS(=O)(=O)O2. The Labute approximate surface area is 96.0 Å². The molecule has 0 radical (unpaired) electrons. The van der Waals surface area contributed by atoms with Crippen LogP contribution < -0.4 is 4.18 Å². The zero-order chi connectivity index (χ0) is 12.6. The summed E-state index contributed by atoms with van der Waals surface area (Å²) in [5.41, 5.74) is -0.0830. The van der Waals surface area contributed by atoms with Crippen molar-refractivity contribution in [3.63, 3.8) is 0 Å². The highest BCUT2D eigenvalue weighted by molar-refractivity contribution is 7.82. The number of fused-ring (bicyclic) bond motifs is 1. The molecular formula is C8H7NO7S. The topological polar surface area (TPSA) is 112 Å². The van der Waals surface area contributed by atoms with Gasteiger partial charge in [-0.05, 0) is 6.92 Å². The summed E-state index contributed by atoms with van der Waals surface area (Å²) in [4.78, 5) is 18.9. The maximum atomic E-state index is 11.1. The lowest BCUT2D eigenvalue weighted by Crippen LogP contribution is -2.11. The fraction of sp³-hybridized carbons (Fsp3) is 0.250. The fourth-order valence-electron chi connectivity index (χ4n) is 1.31. The second-order valence-corrected chi connectivity index (χ2v) is 4.30. The number of hydrogen-bond acceptors (Lipinski definition) is 8. The van der Waals surface area contributed by atoms with Gasteiger partial charge in [0.15, 0.2) is 6.29 Å². The first-order valence-corrected chi connectivity index (χ1v) is 5.71. The second kappa shape index (κ2) is 3.95. The summed E-state index contributed by atoms with van der Waals surface area (Å²) in [7, 11) is -4.37. The lowest BCUT2D eigenvalue weighted by Gasteiger charge is -2.08. The monoisotopic (exact) mass is 261 g/mol. The Kier molecular flexibility index (Phi) is 2.73. The first-order chi connectivity index (χ1) is 7.94. The van der Waals surface area contributed by atoms with Crippen LogP contribution >= 0.6 is 0 Å². The van der Waals surface area contributed by atoms with Gasteiger partial charge >= 0.3 is 10.4 Å². The quantitative estimate of drug-likeness (QED) is 0.555. The van der Waals surface area contributed by atoms with Gasteiger partial charge in [-0.3, -0.25) is 4.79 Å². The number of nitrogens with zero attached hydrogens (tertiary/aromatic N) is 1. The number of pyridine rings is 1. The molecule has 1 aliphatic rings. The number of carbonyl (C=O) groups is 1. The minimum Gasteiger partial charge on any atom is -0.505 e. The summed E-state index contributed by atoms with van der Waals surface area (Å²) >= 11 is 0. The Balaban J connectivity index is 2.68. The van der Waals surface area contributed by atoms with Gasteiger partial charge in [0.1, 0.15) is 12.4 Å². The van der Waals surface area contributed by atoms with Gasteiger partial charge in [0.2, 0.25) is 5.88 Å². The molecule has 0 atom stereocenters. The van der Waals surface area contributed by atoms with Crippen molar-refractivity contribution in [2.45, 2.75) is 13.5 Å². The lowest BCUT2D eigenvalue weighted by molar-refractivity contribution is -0.214. The van der Waals surface area contributed by atoms with Crippen LogP contribution in [0.3, 0.4) is 0 Å². The first-order valence-electron chi connectivity index (χ1n) is 4.37. The van der Waals surface area contributed by atoms with Crippen LogP contribution in [0.5, 0.6) is 11.6 Å². The Morgan fingerprint density at radius 2 is 2.18 bits per heavy atom. The summed E-state index contributed by atoms with van der Waals surface area (Å²) in [6.07, 6.45) is 0.355. The number of aromatic nitrogens is 1. The predicted octanol–water partition coefficient (Wildman–Crippen LogP) is -0.00648. The summed E-state index contributed by atoms with van der Waals surface area (Å²) in [5.74, 6) is -0.704. The average Bonchev–Trinajstić information content (AvgIpc) is 2.38. The largest absolute Gasteiger partial charge is 0.505 e. The molecule has 0 amide bonds. The zero-order valence-electron chi connectivity index (χ0n) is 8.54. The molecule has 0 saturated carbocycles. The van der Waals surface area contributed by atoms with Crippen molar-refractivity contribution in [2.75, 3.05) is 0 Å². The molecule has 1 aromatic heterocycles. The van der Waals surface area contributed by atoms with Crippen molar-refractivity contribution in [1.29, 1.82) is 0 Å². The highest BCUT2D eigenvalue weighted by atomic mass is 32.3. The Hall–Kier alpha value is -1.71. The third-order valence-corrected chi connectivity index (χ3v) is 2.71. The number of aryl methyl sites for hydroxylation is 1. The molecule has 2 heterocycles. The Bertz CT molecular complexity index is 580. The summed E-state index contributed by atoms with van der Waals surface area (Å²) in [6, 6.07) is 0. The minimum absolute atomic E-state index is 0.00387. The van der Waals surface area contributed by atoms with Crippen molar-refractivity contribution in [3.05, 3.63) is 16.8 Å². The standard InChI is InChI=1S/C8H7NO7S/c1-4-7(11)5(2-10)6-3-14-16-17(12,13)15-8(6)9-4/h2,11H,3H2,1H3. The summed E-state index contributed by atoms with van der Waals surface area (Å²) < 4.78 is 30.6. The van der Waals surface area contributed by atoms with E-state index in [4.69, 9.17) is 0 Å². The molecule has 0 spiro atoms. The Morgan fingerprint density at radius 3 is 2.82 bits per heavy atom. The van der Waals surface area contributed by atoms with Gasteiger partial charge in [0.25, 0.3) is 0 Å². The van der Waals surface area contributed by atoms with Crippen molar-refractivity contribution >= 4 is 16.7 Å². The van der Waals surface area contributed by atoms with E-state index in [1.54, 1.807) is 0 Å². The van der Waals surface area contributed by atoms with Gasteiger partial charge in [0, 0.05) is 0 Å². The lowest BCUT2D eigenvalue weighted by atomic mass is 10.1. The molecule has 0 aliphatic carbocycles. The number of hydrogen-bond donors (Lipinski definition) is 1. The van der Waals surface area contributed by atoms with Crippen molar-refractivity contribution < 1.29 is 31.7 Å². The van der Waals surface area contributed by atoms with E-state index in [1.807, 2.05) is 0 Å². The van der Waals surface area contributed by atoms with Crippen LogP contribution in [0.25, 0.3) is 0 Å². The number of carbonyl (C=O) groups excluding carboxylic acids is 1. The third kappa shape index (κ3) is 2.07. The fourth-order valence-corrected chi connectivity index (χ4v) is 1.84. The van der Waals surface area contributed by atoms with E-state index >= 15 is 0 Å². The molecule has 92 valence electrons. The van der Waals surface area contributed by atoms with E-state index in [0.29, 0.717) is 6.29 Å². The molecule has 0 saturated heterocycles. The van der Waals surface area contributed by atoms with Crippen LogP contribution in [0.1, 0.15) is 21.6 Å². The molecule has 2 rings (SSSR count). The van der Waals surface area contributed by atoms with Crippen LogP contribution in [-0.2, 0) is 26.2 Å².